The van der Waals surface area contributed by atoms with Crippen LogP contribution in [0.15, 0.2) is 67.4 Å². The number of anilines is 2. The summed E-state index contributed by atoms with van der Waals surface area (Å²) in [6.45, 7) is -0.179. The van der Waals surface area contributed by atoms with E-state index in [1.54, 1.807) is 36.8 Å². The average molecular weight is 565 g/mol. The van der Waals surface area contributed by atoms with Crippen LogP contribution in [0.2, 0.25) is 0 Å². The Balaban J connectivity index is 1.69. The highest BCUT2D eigenvalue weighted by Crippen LogP contribution is 2.37. The molecule has 14 heteroatoms. The van der Waals surface area contributed by atoms with Crippen molar-refractivity contribution in [1.29, 1.82) is 0 Å². The number of nitrogens with zero attached hydrogens (tertiary/aromatic N) is 8. The number of hydrogen-bond acceptors (Lipinski definition) is 10. The fourth-order valence-corrected chi connectivity index (χ4v) is 4.89. The predicted octanol–water partition coefficient (Wildman–Crippen LogP) is 3.43. The number of imidazole rings is 1. The van der Waals surface area contributed by atoms with Crippen molar-refractivity contribution in [2.45, 2.75) is 6.54 Å². The normalized spacial score (nSPS) is 11.7. The van der Waals surface area contributed by atoms with Crippen LogP contribution in [0.4, 0.5) is 15.9 Å². The number of benzene rings is 1. The number of fused-ring (bicyclic) bond motifs is 1. The minimum absolute atomic E-state index is 0.0243. The van der Waals surface area contributed by atoms with Crippen LogP contribution < -0.4 is 14.4 Å². The zero-order valence-electron chi connectivity index (χ0n) is 22.1. The molecule has 0 saturated carbocycles. The van der Waals surface area contributed by atoms with Gasteiger partial charge in [0, 0.05) is 56.6 Å². The summed E-state index contributed by atoms with van der Waals surface area (Å²) in [7, 11) is 1.69. The molecule has 0 fully saturated rings. The molecule has 0 unspecified atom stereocenters. The third kappa shape index (κ3) is 5.01. The van der Waals surface area contributed by atoms with E-state index in [1.165, 1.54) is 57.7 Å². The first-order chi connectivity index (χ1) is 19.2. The lowest BCUT2D eigenvalue weighted by Crippen LogP contribution is -2.31. The quantitative estimate of drug-likeness (QED) is 0.263. The first kappa shape index (κ1) is 26.9. The molecule has 1 aromatic carbocycles. The topological polar surface area (TPSA) is 128 Å². The van der Waals surface area contributed by atoms with Crippen LogP contribution in [-0.4, -0.2) is 69.9 Å². The molecule has 5 rings (SSSR count). The highest BCUT2D eigenvalue weighted by atomic mass is 32.2. The van der Waals surface area contributed by atoms with Crippen molar-refractivity contribution in [2.24, 2.45) is 0 Å². The number of rotatable bonds is 9. The Morgan fingerprint density at radius 3 is 2.52 bits per heavy atom. The van der Waals surface area contributed by atoms with Crippen molar-refractivity contribution < 1.29 is 22.3 Å². The molecule has 0 amide bonds. The van der Waals surface area contributed by atoms with Gasteiger partial charge in [-0.1, -0.05) is 0 Å². The molecule has 5 aromatic rings. The Labute approximate surface area is 229 Å². The second-order valence-electron chi connectivity index (χ2n) is 8.69. The molecular formula is C26H25FN8O4S. The van der Waals surface area contributed by atoms with Crippen LogP contribution in [0.25, 0.3) is 22.4 Å². The van der Waals surface area contributed by atoms with E-state index in [0.29, 0.717) is 22.6 Å². The van der Waals surface area contributed by atoms with Crippen LogP contribution >= 0.6 is 0 Å². The molecule has 0 aliphatic heterocycles. The Hall–Kier alpha value is -4.69. The first-order valence-corrected chi connectivity index (χ1v) is 13.3. The van der Waals surface area contributed by atoms with Gasteiger partial charge in [0.2, 0.25) is 0 Å². The minimum Gasteiger partial charge on any atom is -0.497 e. The molecule has 12 nitrogen and oxygen atoms in total. The molecule has 0 atom stereocenters. The average Bonchev–Trinajstić information content (AvgIpc) is 3.45. The monoisotopic (exact) mass is 564 g/mol. The molecule has 0 aliphatic carbocycles. The first-order valence-electron chi connectivity index (χ1n) is 11.9. The Morgan fingerprint density at radius 1 is 1.00 bits per heavy atom. The molecule has 4 aromatic heterocycles. The van der Waals surface area contributed by atoms with Gasteiger partial charge in [-0.3, -0.25) is 9.97 Å². The summed E-state index contributed by atoms with van der Waals surface area (Å²) in [5.41, 5.74) is 2.13. The van der Waals surface area contributed by atoms with Crippen molar-refractivity contribution in [3.05, 3.63) is 79.0 Å². The molecule has 0 saturated heterocycles. The molecular weight excluding hydrogens is 539 g/mol. The third-order valence-electron chi connectivity index (χ3n) is 6.06. The largest absolute Gasteiger partial charge is 0.497 e. The number of pyridine rings is 2. The zero-order valence-corrected chi connectivity index (χ0v) is 22.9. The zero-order chi connectivity index (χ0) is 28.4. The van der Waals surface area contributed by atoms with E-state index < -0.39 is 16.0 Å². The highest BCUT2D eigenvalue weighted by molar-refractivity contribution is 7.87. The van der Waals surface area contributed by atoms with Crippen molar-refractivity contribution >= 4 is 32.9 Å². The molecule has 0 N–H and O–H groups in total. The number of ether oxygens (including phenoxy) is 2. The van der Waals surface area contributed by atoms with Gasteiger partial charge >= 0.3 is 10.2 Å². The van der Waals surface area contributed by atoms with Crippen molar-refractivity contribution in [1.82, 2.24) is 33.2 Å². The summed E-state index contributed by atoms with van der Waals surface area (Å²) in [4.78, 5) is 23.6. The van der Waals surface area contributed by atoms with Gasteiger partial charge in [0.15, 0.2) is 17.2 Å². The Bertz CT molecular complexity index is 1780. The lowest BCUT2D eigenvalue weighted by Gasteiger charge is -2.26. The van der Waals surface area contributed by atoms with E-state index in [1.807, 2.05) is 6.07 Å². The summed E-state index contributed by atoms with van der Waals surface area (Å²) in [6.07, 6.45) is 7.62. The minimum atomic E-state index is -3.91. The second kappa shape index (κ2) is 10.8. The van der Waals surface area contributed by atoms with Gasteiger partial charge in [0.25, 0.3) is 0 Å². The lowest BCUT2D eigenvalue weighted by molar-refractivity contribution is 0.374. The molecule has 0 aliphatic rings. The fourth-order valence-electron chi connectivity index (χ4n) is 3.96. The molecule has 0 bridgehead atoms. The van der Waals surface area contributed by atoms with Crippen LogP contribution in [0, 0.1) is 5.82 Å². The molecule has 0 radical (unpaired) electrons. The summed E-state index contributed by atoms with van der Waals surface area (Å²) in [6, 6.07) is 9.85. The van der Waals surface area contributed by atoms with Crippen molar-refractivity contribution in [2.75, 3.05) is 33.2 Å². The van der Waals surface area contributed by atoms with Crippen molar-refractivity contribution in [3.8, 4) is 22.8 Å². The number of halogens is 1. The SMILES string of the molecule is COc1cc(OC)c(F)c(N(Cc2nccn2S(=O)(=O)N(C)C)c2ccc3ncc(-c4cccnc4)nc3n2)c1. The maximum absolute atomic E-state index is 15.8. The summed E-state index contributed by atoms with van der Waals surface area (Å²) < 4.78 is 54.4. The number of hydrogen-bond donors (Lipinski definition) is 0. The van der Waals surface area contributed by atoms with Crippen LogP contribution in [0.3, 0.4) is 0 Å². The maximum Gasteiger partial charge on any atom is 0.308 e. The van der Waals surface area contributed by atoms with Gasteiger partial charge in [-0.05, 0) is 24.3 Å². The van der Waals surface area contributed by atoms with Gasteiger partial charge in [0.05, 0.1) is 38.3 Å². The van der Waals surface area contributed by atoms with E-state index in [2.05, 4.69) is 24.9 Å². The van der Waals surface area contributed by atoms with Crippen LogP contribution in [0.5, 0.6) is 11.5 Å². The Morgan fingerprint density at radius 2 is 1.82 bits per heavy atom. The van der Waals surface area contributed by atoms with E-state index in [-0.39, 0.29) is 29.6 Å². The number of methoxy groups -OCH3 is 2. The van der Waals surface area contributed by atoms with Crippen LogP contribution in [0.1, 0.15) is 5.82 Å². The van der Waals surface area contributed by atoms with E-state index in [4.69, 9.17) is 9.47 Å². The van der Waals surface area contributed by atoms with Crippen LogP contribution in [-0.2, 0) is 16.8 Å². The van der Waals surface area contributed by atoms with Gasteiger partial charge in [0.1, 0.15) is 22.9 Å². The fraction of sp³-hybridized carbons (Fsp3) is 0.192. The standard InChI is InChI=1S/C26H25FN8O4S/c1-33(2)40(36,37)35-11-10-29-24(35)16-34(21-12-18(38-3)13-22(39-4)25(21)27)23-8-7-19-26(32-23)31-20(15-30-19)17-6-5-9-28-14-17/h5-15H,16H2,1-4H3. The van der Waals surface area contributed by atoms with Gasteiger partial charge < -0.3 is 14.4 Å². The highest BCUT2D eigenvalue weighted by Gasteiger charge is 2.26. The summed E-state index contributed by atoms with van der Waals surface area (Å²) >= 11 is 0. The molecule has 40 heavy (non-hydrogen) atoms. The summed E-state index contributed by atoms with van der Waals surface area (Å²) in [5.74, 6) is -0.0675. The van der Waals surface area contributed by atoms with E-state index in [0.717, 1.165) is 13.8 Å². The third-order valence-corrected chi connectivity index (χ3v) is 7.81. The lowest BCUT2D eigenvalue weighted by atomic mass is 10.2. The van der Waals surface area contributed by atoms with Gasteiger partial charge in [-0.25, -0.2) is 23.3 Å². The molecule has 4 heterocycles. The van der Waals surface area contributed by atoms with Crippen molar-refractivity contribution in [3.63, 3.8) is 0 Å². The summed E-state index contributed by atoms with van der Waals surface area (Å²) in [5, 5.41) is 0. The van der Waals surface area contributed by atoms with Gasteiger partial charge in [-0.2, -0.15) is 12.7 Å². The van der Waals surface area contributed by atoms with Gasteiger partial charge in [-0.15, -0.1) is 0 Å². The molecule has 206 valence electrons. The maximum atomic E-state index is 15.8. The number of aromatic nitrogens is 6. The second-order valence-corrected chi connectivity index (χ2v) is 10.7. The Kier molecular flexibility index (Phi) is 7.28. The van der Waals surface area contributed by atoms with E-state index >= 15 is 4.39 Å². The van der Waals surface area contributed by atoms with E-state index in [9.17, 15) is 8.42 Å². The smallest absolute Gasteiger partial charge is 0.308 e. The molecule has 0 spiro atoms. The predicted molar refractivity (Wildman–Crippen MR) is 146 cm³/mol.